The molecule has 0 bridgehead atoms. The van der Waals surface area contributed by atoms with Crippen LogP contribution in [0.2, 0.25) is 0 Å². The van der Waals surface area contributed by atoms with Crippen molar-refractivity contribution in [2.24, 2.45) is 0 Å². The average molecular weight is 256 g/mol. The highest BCUT2D eigenvalue weighted by Crippen LogP contribution is 2.21. The number of anilines is 2. The monoisotopic (exact) mass is 256 g/mol. The zero-order valence-electron chi connectivity index (χ0n) is 11.0. The third-order valence-corrected chi connectivity index (χ3v) is 2.78. The molecule has 2 amide bonds. The van der Waals surface area contributed by atoms with Crippen LogP contribution in [0, 0.1) is 6.92 Å². The highest BCUT2D eigenvalue weighted by Gasteiger charge is 2.08. The number of aryl methyl sites for hydroxylation is 2. The van der Waals surface area contributed by atoms with Crippen LogP contribution in [-0.2, 0) is 6.42 Å². The zero-order valence-corrected chi connectivity index (χ0v) is 11.0. The van der Waals surface area contributed by atoms with Crippen molar-refractivity contribution in [3.63, 3.8) is 0 Å². The van der Waals surface area contributed by atoms with Crippen LogP contribution in [0.3, 0.4) is 0 Å². The van der Waals surface area contributed by atoms with Crippen molar-refractivity contribution in [2.75, 3.05) is 10.6 Å². The Hall–Kier alpha value is -2.43. The standard InChI is InChI=1S/C14H16N4O/c1-3-11-6-4-5-10(2)13(11)18-14(19)17-12-9-15-7-8-16-12/h4-9H,3H2,1-2H3,(H2,16,17,18,19). The molecular formula is C14H16N4O. The summed E-state index contributed by atoms with van der Waals surface area (Å²) in [5.74, 6) is 0.423. The molecule has 0 radical (unpaired) electrons. The van der Waals surface area contributed by atoms with Crippen LogP contribution in [0.15, 0.2) is 36.8 Å². The number of carbonyl (C=O) groups excluding carboxylic acids is 1. The highest BCUT2D eigenvalue weighted by atomic mass is 16.2. The van der Waals surface area contributed by atoms with Gasteiger partial charge in [0.15, 0.2) is 5.82 Å². The van der Waals surface area contributed by atoms with Gasteiger partial charge in [-0.1, -0.05) is 25.1 Å². The Labute approximate surface area is 112 Å². The van der Waals surface area contributed by atoms with Gasteiger partial charge in [-0.25, -0.2) is 9.78 Å². The molecule has 0 fully saturated rings. The topological polar surface area (TPSA) is 66.9 Å². The van der Waals surface area contributed by atoms with Crippen LogP contribution in [0.4, 0.5) is 16.3 Å². The fraction of sp³-hybridized carbons (Fsp3) is 0.214. The molecular weight excluding hydrogens is 240 g/mol. The molecule has 5 heteroatoms. The second kappa shape index (κ2) is 5.95. The van der Waals surface area contributed by atoms with Gasteiger partial charge < -0.3 is 5.32 Å². The summed E-state index contributed by atoms with van der Waals surface area (Å²) >= 11 is 0. The molecule has 98 valence electrons. The summed E-state index contributed by atoms with van der Waals surface area (Å²) in [4.78, 5) is 19.8. The molecule has 1 heterocycles. The van der Waals surface area contributed by atoms with Crippen LogP contribution in [0.5, 0.6) is 0 Å². The number of aromatic nitrogens is 2. The third kappa shape index (κ3) is 3.28. The van der Waals surface area contributed by atoms with E-state index in [1.54, 1.807) is 6.20 Å². The van der Waals surface area contributed by atoms with Gasteiger partial charge >= 0.3 is 6.03 Å². The maximum atomic E-state index is 11.9. The van der Waals surface area contributed by atoms with Crippen molar-refractivity contribution in [1.29, 1.82) is 0 Å². The summed E-state index contributed by atoms with van der Waals surface area (Å²) in [6.45, 7) is 4.03. The van der Waals surface area contributed by atoms with Gasteiger partial charge in [0.25, 0.3) is 0 Å². The van der Waals surface area contributed by atoms with E-state index in [1.165, 1.54) is 12.4 Å². The number of carbonyl (C=O) groups is 1. The van der Waals surface area contributed by atoms with Crippen LogP contribution >= 0.6 is 0 Å². The van der Waals surface area contributed by atoms with Crippen molar-refractivity contribution in [3.8, 4) is 0 Å². The van der Waals surface area contributed by atoms with Gasteiger partial charge in [-0.2, -0.15) is 0 Å². The van der Waals surface area contributed by atoms with Gasteiger partial charge in [-0.3, -0.25) is 10.3 Å². The Bertz CT molecular complexity index is 569. The van der Waals surface area contributed by atoms with Crippen molar-refractivity contribution in [2.45, 2.75) is 20.3 Å². The van der Waals surface area contributed by atoms with Gasteiger partial charge in [0.1, 0.15) is 0 Å². The number of benzene rings is 1. The van der Waals surface area contributed by atoms with Crippen molar-refractivity contribution >= 4 is 17.5 Å². The van der Waals surface area contributed by atoms with E-state index >= 15 is 0 Å². The average Bonchev–Trinajstić information content (AvgIpc) is 2.42. The fourth-order valence-corrected chi connectivity index (χ4v) is 1.83. The number of urea groups is 1. The molecule has 1 aromatic heterocycles. The van der Waals surface area contributed by atoms with E-state index in [4.69, 9.17) is 0 Å². The molecule has 2 rings (SSSR count). The fourth-order valence-electron chi connectivity index (χ4n) is 1.83. The second-order valence-electron chi connectivity index (χ2n) is 4.13. The molecule has 0 saturated carbocycles. The van der Waals surface area contributed by atoms with E-state index < -0.39 is 0 Å². The molecule has 5 nitrogen and oxygen atoms in total. The second-order valence-corrected chi connectivity index (χ2v) is 4.13. The van der Waals surface area contributed by atoms with E-state index in [9.17, 15) is 4.79 Å². The van der Waals surface area contributed by atoms with Crippen LogP contribution in [0.25, 0.3) is 0 Å². The minimum Gasteiger partial charge on any atom is -0.307 e. The normalized spacial score (nSPS) is 10.0. The number of hydrogen-bond acceptors (Lipinski definition) is 3. The highest BCUT2D eigenvalue weighted by molar-refractivity contribution is 6.00. The predicted molar refractivity (Wildman–Crippen MR) is 75.2 cm³/mol. The molecule has 2 N–H and O–H groups in total. The molecule has 0 atom stereocenters. The number of amides is 2. The first-order valence-corrected chi connectivity index (χ1v) is 6.13. The Morgan fingerprint density at radius 3 is 2.79 bits per heavy atom. The number of para-hydroxylation sites is 1. The number of nitrogens with zero attached hydrogens (tertiary/aromatic N) is 2. The maximum Gasteiger partial charge on any atom is 0.324 e. The largest absolute Gasteiger partial charge is 0.324 e. The Balaban J connectivity index is 2.11. The molecule has 0 aliphatic carbocycles. The molecule has 19 heavy (non-hydrogen) atoms. The maximum absolute atomic E-state index is 11.9. The third-order valence-electron chi connectivity index (χ3n) is 2.78. The van der Waals surface area contributed by atoms with Gasteiger partial charge in [0, 0.05) is 18.1 Å². The van der Waals surface area contributed by atoms with E-state index in [1.807, 2.05) is 25.1 Å². The lowest BCUT2D eigenvalue weighted by atomic mass is 10.1. The van der Waals surface area contributed by atoms with Crippen molar-refractivity contribution < 1.29 is 4.79 Å². The number of rotatable bonds is 3. The summed E-state index contributed by atoms with van der Waals surface area (Å²) in [5, 5.41) is 5.51. The summed E-state index contributed by atoms with van der Waals surface area (Å²) in [5.41, 5.74) is 2.99. The first-order valence-electron chi connectivity index (χ1n) is 6.13. The molecule has 2 aromatic rings. The summed E-state index contributed by atoms with van der Waals surface area (Å²) < 4.78 is 0. The molecule has 0 spiro atoms. The molecule has 0 aliphatic rings. The van der Waals surface area contributed by atoms with Crippen LogP contribution in [0.1, 0.15) is 18.1 Å². The van der Waals surface area contributed by atoms with Crippen LogP contribution < -0.4 is 10.6 Å². The van der Waals surface area contributed by atoms with Gasteiger partial charge in [-0.05, 0) is 24.5 Å². The minimum absolute atomic E-state index is 0.315. The summed E-state index contributed by atoms with van der Waals surface area (Å²) in [6.07, 6.45) is 5.45. The Kier molecular flexibility index (Phi) is 4.07. The Morgan fingerprint density at radius 2 is 2.11 bits per heavy atom. The van der Waals surface area contributed by atoms with E-state index in [-0.39, 0.29) is 6.03 Å². The first-order chi connectivity index (χ1) is 9.20. The van der Waals surface area contributed by atoms with Crippen molar-refractivity contribution in [3.05, 3.63) is 47.9 Å². The van der Waals surface area contributed by atoms with Crippen LogP contribution in [-0.4, -0.2) is 16.0 Å². The van der Waals surface area contributed by atoms with E-state index in [2.05, 4.69) is 27.5 Å². The zero-order chi connectivity index (χ0) is 13.7. The Morgan fingerprint density at radius 1 is 1.26 bits per heavy atom. The lowest BCUT2D eigenvalue weighted by Crippen LogP contribution is -2.21. The number of hydrogen-bond donors (Lipinski definition) is 2. The van der Waals surface area contributed by atoms with Gasteiger partial charge in [0.2, 0.25) is 0 Å². The van der Waals surface area contributed by atoms with Gasteiger partial charge in [-0.15, -0.1) is 0 Å². The SMILES string of the molecule is CCc1cccc(C)c1NC(=O)Nc1cnccn1. The molecule has 0 unspecified atom stereocenters. The van der Waals surface area contributed by atoms with E-state index in [0.29, 0.717) is 5.82 Å². The first kappa shape index (κ1) is 13.0. The molecule has 0 saturated heterocycles. The van der Waals surface area contributed by atoms with Gasteiger partial charge in [0.05, 0.1) is 6.20 Å². The summed E-state index contributed by atoms with van der Waals surface area (Å²) in [7, 11) is 0. The predicted octanol–water partition coefficient (Wildman–Crippen LogP) is 2.99. The lowest BCUT2D eigenvalue weighted by Gasteiger charge is -2.13. The quantitative estimate of drug-likeness (QED) is 0.887. The van der Waals surface area contributed by atoms with E-state index in [0.717, 1.165) is 23.2 Å². The molecule has 0 aliphatic heterocycles. The molecule has 1 aromatic carbocycles. The lowest BCUT2D eigenvalue weighted by molar-refractivity contribution is 0.262. The minimum atomic E-state index is -0.315. The number of nitrogens with one attached hydrogen (secondary N) is 2. The summed E-state index contributed by atoms with van der Waals surface area (Å²) in [6, 6.07) is 5.64. The smallest absolute Gasteiger partial charge is 0.307 e. The van der Waals surface area contributed by atoms with Crippen molar-refractivity contribution in [1.82, 2.24) is 9.97 Å².